The van der Waals surface area contributed by atoms with Crippen molar-refractivity contribution in [3.63, 3.8) is 0 Å². The zero-order chi connectivity index (χ0) is 25.4. The number of amides is 3. The van der Waals surface area contributed by atoms with Crippen LogP contribution in [0.15, 0.2) is 30.5 Å². The molecule has 5 unspecified atom stereocenters. The number of aromatic amines is 1. The van der Waals surface area contributed by atoms with Crippen LogP contribution in [-0.4, -0.2) is 69.7 Å². The van der Waals surface area contributed by atoms with Gasteiger partial charge < -0.3 is 36.9 Å². The summed E-state index contributed by atoms with van der Waals surface area (Å²) in [6, 6.07) is 2.98. The maximum atomic E-state index is 13.2. The van der Waals surface area contributed by atoms with Crippen LogP contribution in [-0.2, 0) is 25.6 Å². The van der Waals surface area contributed by atoms with Crippen LogP contribution in [0.2, 0.25) is 0 Å². The van der Waals surface area contributed by atoms with Crippen LogP contribution in [0.25, 0.3) is 10.9 Å². The Bertz CT molecular complexity index is 1020. The zero-order valence-corrected chi connectivity index (χ0v) is 19.5. The van der Waals surface area contributed by atoms with E-state index in [2.05, 4.69) is 20.9 Å². The molecule has 0 saturated heterocycles. The molecule has 0 fully saturated rings. The number of aliphatic hydroxyl groups excluding tert-OH is 1. The van der Waals surface area contributed by atoms with E-state index in [0.717, 1.165) is 16.5 Å². The average Bonchev–Trinajstić information content (AvgIpc) is 3.23. The number of para-hydroxylation sites is 1. The zero-order valence-electron chi connectivity index (χ0n) is 19.5. The molecule has 0 aliphatic heterocycles. The van der Waals surface area contributed by atoms with E-state index in [9.17, 15) is 24.3 Å². The highest BCUT2D eigenvalue weighted by Gasteiger charge is 2.32. The number of hydrogen-bond donors (Lipinski definition) is 7. The molecule has 2 rings (SSSR count). The van der Waals surface area contributed by atoms with Crippen molar-refractivity contribution >= 4 is 34.6 Å². The summed E-state index contributed by atoms with van der Waals surface area (Å²) < 4.78 is 0. The Morgan fingerprint density at radius 3 is 2.32 bits per heavy atom. The number of H-pyrrole nitrogens is 1. The second-order valence-electron chi connectivity index (χ2n) is 8.35. The molecule has 186 valence electrons. The molecule has 2 aromatic rings. The molecule has 0 radical (unpaired) electrons. The van der Waals surface area contributed by atoms with Gasteiger partial charge in [0, 0.05) is 23.5 Å². The maximum Gasteiger partial charge on any atom is 0.325 e. The second-order valence-corrected chi connectivity index (χ2v) is 8.35. The smallest absolute Gasteiger partial charge is 0.325 e. The third kappa shape index (κ3) is 6.78. The van der Waals surface area contributed by atoms with Crippen LogP contribution in [0.3, 0.4) is 0 Å². The van der Waals surface area contributed by atoms with E-state index in [0.29, 0.717) is 6.42 Å². The number of benzene rings is 1. The van der Waals surface area contributed by atoms with Gasteiger partial charge in [0.15, 0.2) is 0 Å². The summed E-state index contributed by atoms with van der Waals surface area (Å²) >= 11 is 0. The normalized spacial score (nSPS) is 15.6. The van der Waals surface area contributed by atoms with Crippen molar-refractivity contribution in [1.82, 2.24) is 20.9 Å². The summed E-state index contributed by atoms with van der Waals surface area (Å²) in [7, 11) is 0. The fraction of sp³-hybridized carbons (Fsp3) is 0.478. The molecule has 1 aromatic heterocycles. The van der Waals surface area contributed by atoms with Crippen molar-refractivity contribution in [3.05, 3.63) is 36.0 Å². The van der Waals surface area contributed by atoms with Crippen molar-refractivity contribution in [1.29, 1.82) is 0 Å². The van der Waals surface area contributed by atoms with Crippen molar-refractivity contribution in [2.24, 2.45) is 11.7 Å². The molecule has 0 aliphatic carbocycles. The first-order valence-electron chi connectivity index (χ1n) is 11.1. The van der Waals surface area contributed by atoms with Crippen LogP contribution in [0.4, 0.5) is 0 Å². The fourth-order valence-corrected chi connectivity index (χ4v) is 3.41. The van der Waals surface area contributed by atoms with Gasteiger partial charge in [0.1, 0.15) is 24.2 Å². The summed E-state index contributed by atoms with van der Waals surface area (Å²) in [5, 5.41) is 26.8. The number of carbonyl (C=O) groups excluding carboxylic acids is 3. The van der Waals surface area contributed by atoms with E-state index in [1.807, 2.05) is 31.2 Å². The number of carbonyl (C=O) groups is 4. The molecular weight excluding hydrogens is 442 g/mol. The number of nitrogens with two attached hydrogens (primary N) is 1. The Morgan fingerprint density at radius 2 is 1.71 bits per heavy atom. The number of nitrogens with one attached hydrogen (secondary N) is 4. The lowest BCUT2D eigenvalue weighted by Gasteiger charge is -2.27. The van der Waals surface area contributed by atoms with Crippen LogP contribution < -0.4 is 21.7 Å². The quantitative estimate of drug-likeness (QED) is 0.218. The molecule has 0 aliphatic rings. The summed E-state index contributed by atoms with van der Waals surface area (Å²) in [5.41, 5.74) is 7.17. The summed E-state index contributed by atoms with van der Waals surface area (Å²) in [6.07, 6.45) is 2.36. The van der Waals surface area contributed by atoms with E-state index in [4.69, 9.17) is 10.8 Å². The lowest BCUT2D eigenvalue weighted by atomic mass is 9.96. The average molecular weight is 476 g/mol. The van der Waals surface area contributed by atoms with Gasteiger partial charge in [-0.2, -0.15) is 0 Å². The van der Waals surface area contributed by atoms with Gasteiger partial charge in [-0.15, -0.1) is 0 Å². The number of carboxylic acids is 1. The van der Waals surface area contributed by atoms with E-state index in [1.54, 1.807) is 13.1 Å². The van der Waals surface area contributed by atoms with Gasteiger partial charge in [-0.1, -0.05) is 38.5 Å². The SMILES string of the molecule is CCC(C)C(NC(=O)C(N)CO)C(=O)NC(Cc1c[nH]c2ccccc12)C(=O)NC(C)C(=O)O. The molecular formula is C23H33N5O6. The van der Waals surface area contributed by atoms with Crippen molar-refractivity contribution < 1.29 is 29.4 Å². The maximum absolute atomic E-state index is 13.2. The Labute approximate surface area is 197 Å². The number of fused-ring (bicyclic) bond motifs is 1. The first-order chi connectivity index (χ1) is 16.1. The summed E-state index contributed by atoms with van der Waals surface area (Å²) in [4.78, 5) is 52.7. The minimum atomic E-state index is -1.21. The minimum absolute atomic E-state index is 0.0885. The topological polar surface area (TPSA) is 187 Å². The van der Waals surface area contributed by atoms with Crippen LogP contribution >= 0.6 is 0 Å². The van der Waals surface area contributed by atoms with Gasteiger partial charge in [-0.25, -0.2) is 0 Å². The number of carboxylic acid groups (broad SMARTS) is 1. The molecule has 11 heteroatoms. The number of aliphatic carboxylic acids is 1. The van der Waals surface area contributed by atoms with E-state index < -0.39 is 54.5 Å². The molecule has 1 heterocycles. The van der Waals surface area contributed by atoms with Crippen LogP contribution in [0.1, 0.15) is 32.8 Å². The predicted molar refractivity (Wildman–Crippen MR) is 126 cm³/mol. The van der Waals surface area contributed by atoms with Gasteiger partial charge in [0.25, 0.3) is 0 Å². The highest BCUT2D eigenvalue weighted by molar-refractivity contribution is 5.95. The third-order valence-electron chi connectivity index (χ3n) is 5.79. The molecule has 8 N–H and O–H groups in total. The monoisotopic (exact) mass is 475 g/mol. The third-order valence-corrected chi connectivity index (χ3v) is 5.79. The van der Waals surface area contributed by atoms with E-state index in [-0.39, 0.29) is 12.3 Å². The van der Waals surface area contributed by atoms with Crippen molar-refractivity contribution in [2.75, 3.05) is 6.61 Å². The van der Waals surface area contributed by atoms with Gasteiger partial charge >= 0.3 is 5.97 Å². The molecule has 3 amide bonds. The largest absolute Gasteiger partial charge is 0.480 e. The Morgan fingerprint density at radius 1 is 1.03 bits per heavy atom. The summed E-state index contributed by atoms with van der Waals surface area (Å²) in [5.74, 6) is -3.50. The second kappa shape index (κ2) is 12.1. The molecule has 1 aromatic carbocycles. The number of aromatic nitrogens is 1. The molecule has 0 bridgehead atoms. The predicted octanol–water partition coefficient (Wildman–Crippen LogP) is -0.365. The molecule has 5 atom stereocenters. The van der Waals surface area contributed by atoms with E-state index >= 15 is 0 Å². The minimum Gasteiger partial charge on any atom is -0.480 e. The Hall–Kier alpha value is -3.44. The first kappa shape index (κ1) is 26.8. The number of rotatable bonds is 12. The highest BCUT2D eigenvalue weighted by atomic mass is 16.4. The Balaban J connectivity index is 2.30. The molecule has 0 saturated carbocycles. The van der Waals surface area contributed by atoms with Gasteiger partial charge in [-0.3, -0.25) is 19.2 Å². The first-order valence-corrected chi connectivity index (χ1v) is 11.1. The fourth-order valence-electron chi connectivity index (χ4n) is 3.41. The van der Waals surface area contributed by atoms with Gasteiger partial charge in [0.05, 0.1) is 6.61 Å². The van der Waals surface area contributed by atoms with Gasteiger partial charge in [0.2, 0.25) is 17.7 Å². The standard InChI is InChI=1S/C23H33N5O6/c1-4-12(2)19(28-20(30)16(24)11-29)22(32)27-18(21(31)26-13(3)23(33)34)9-14-10-25-17-8-6-5-7-15(14)17/h5-8,10,12-13,16,18-19,25,29H,4,9,11,24H2,1-3H3,(H,26,31)(H,27,32)(H,28,30)(H,33,34). The molecule has 11 nitrogen and oxygen atoms in total. The lowest BCUT2D eigenvalue weighted by Crippen LogP contribution is -2.59. The van der Waals surface area contributed by atoms with Crippen molar-refractivity contribution in [2.45, 2.75) is 57.8 Å². The summed E-state index contributed by atoms with van der Waals surface area (Å²) in [6.45, 7) is 4.34. The highest BCUT2D eigenvalue weighted by Crippen LogP contribution is 2.19. The molecule has 0 spiro atoms. The lowest BCUT2D eigenvalue weighted by molar-refractivity contribution is -0.141. The van der Waals surface area contributed by atoms with Crippen LogP contribution in [0.5, 0.6) is 0 Å². The number of hydrogen-bond acceptors (Lipinski definition) is 6. The number of aliphatic hydroxyl groups is 1. The van der Waals surface area contributed by atoms with Crippen LogP contribution in [0, 0.1) is 5.92 Å². The van der Waals surface area contributed by atoms with Gasteiger partial charge in [-0.05, 0) is 24.5 Å². The van der Waals surface area contributed by atoms with E-state index in [1.165, 1.54) is 6.92 Å². The van der Waals surface area contributed by atoms with Crippen molar-refractivity contribution in [3.8, 4) is 0 Å². The molecule has 34 heavy (non-hydrogen) atoms. The Kier molecular flexibility index (Phi) is 9.58.